The first-order chi connectivity index (χ1) is 15.7. The highest BCUT2D eigenvalue weighted by molar-refractivity contribution is 6.01. The maximum Gasteiger partial charge on any atom is 0.303 e. The van der Waals surface area contributed by atoms with Crippen molar-refractivity contribution in [3.63, 3.8) is 0 Å². The topological polar surface area (TPSA) is 127 Å². The van der Waals surface area contributed by atoms with Crippen LogP contribution in [0.2, 0.25) is 0 Å². The van der Waals surface area contributed by atoms with Crippen LogP contribution in [0.1, 0.15) is 53.4 Å². The molecule has 0 heterocycles. The number of esters is 2. The minimum atomic E-state index is -2.28. The van der Waals surface area contributed by atoms with Crippen molar-refractivity contribution in [1.29, 1.82) is 0 Å². The van der Waals surface area contributed by atoms with E-state index in [4.69, 9.17) is 9.47 Å². The number of Topliss-reactive ketones (excluding diaryl/α,β-unsaturated/α-hetero) is 1. The number of aliphatic hydroxyl groups is 2. The zero-order valence-electron chi connectivity index (χ0n) is 19.8. The number of ether oxygens (including phenoxy) is 2. The van der Waals surface area contributed by atoms with Crippen LogP contribution < -0.4 is 0 Å². The molecule has 3 fully saturated rings. The Labute approximate surface area is 197 Å². The summed E-state index contributed by atoms with van der Waals surface area (Å²) in [6, 6.07) is 0. The van der Waals surface area contributed by atoms with Gasteiger partial charge in [-0.2, -0.15) is 0 Å². The van der Waals surface area contributed by atoms with Crippen LogP contribution >= 0.6 is 0 Å². The van der Waals surface area contributed by atoms with Gasteiger partial charge >= 0.3 is 11.9 Å². The molecule has 0 radical (unpaired) electrons. The fourth-order valence-electron chi connectivity index (χ4n) is 7.31. The molecule has 186 valence electrons. The molecule has 0 unspecified atom stereocenters. The number of halogens is 1. The van der Waals surface area contributed by atoms with Gasteiger partial charge in [-0.25, -0.2) is 4.39 Å². The number of ketones is 2. The van der Waals surface area contributed by atoms with Gasteiger partial charge < -0.3 is 19.7 Å². The summed E-state index contributed by atoms with van der Waals surface area (Å²) >= 11 is 0. The summed E-state index contributed by atoms with van der Waals surface area (Å²) in [5.41, 5.74) is -6.42. The van der Waals surface area contributed by atoms with E-state index in [1.54, 1.807) is 13.8 Å². The van der Waals surface area contributed by atoms with E-state index < -0.39 is 70.5 Å². The van der Waals surface area contributed by atoms with Gasteiger partial charge in [-0.15, -0.1) is 0 Å². The molecule has 0 aromatic carbocycles. The maximum atomic E-state index is 17.2. The first-order valence-electron chi connectivity index (χ1n) is 11.6. The molecule has 0 aromatic rings. The van der Waals surface area contributed by atoms with E-state index in [1.807, 2.05) is 0 Å². The monoisotopic (exact) mass is 478 g/mol. The molecule has 8 nitrogen and oxygen atoms in total. The maximum absolute atomic E-state index is 17.2. The molecule has 4 rings (SSSR count). The normalized spacial score (nSPS) is 44.9. The van der Waals surface area contributed by atoms with Gasteiger partial charge in [0.1, 0.15) is 6.10 Å². The number of rotatable bonds is 4. The van der Waals surface area contributed by atoms with Crippen LogP contribution in [0.15, 0.2) is 23.8 Å². The van der Waals surface area contributed by atoms with E-state index in [-0.39, 0.29) is 25.0 Å². The minimum Gasteiger partial charge on any atom is -0.459 e. The predicted octanol–water partition coefficient (Wildman–Crippen LogP) is 1.76. The summed E-state index contributed by atoms with van der Waals surface area (Å²) in [5.74, 6) is -3.93. The fourth-order valence-corrected chi connectivity index (χ4v) is 7.31. The lowest BCUT2D eigenvalue weighted by Crippen LogP contribution is -2.70. The molecule has 4 aliphatic carbocycles. The lowest BCUT2D eigenvalue weighted by molar-refractivity contribution is -0.224. The highest BCUT2D eigenvalue weighted by Gasteiger charge is 2.77. The van der Waals surface area contributed by atoms with E-state index in [2.05, 4.69) is 0 Å². The number of fused-ring (bicyclic) bond motifs is 5. The zero-order chi connectivity index (χ0) is 25.3. The average molecular weight is 479 g/mol. The van der Waals surface area contributed by atoms with Crippen LogP contribution in [0, 0.1) is 22.7 Å². The molecule has 9 heteroatoms. The van der Waals surface area contributed by atoms with Gasteiger partial charge in [0, 0.05) is 30.6 Å². The van der Waals surface area contributed by atoms with E-state index in [0.717, 1.165) is 13.8 Å². The van der Waals surface area contributed by atoms with Gasteiger partial charge in [-0.05, 0) is 50.7 Å². The molecule has 0 amide bonds. The van der Waals surface area contributed by atoms with Crippen molar-refractivity contribution in [2.24, 2.45) is 22.7 Å². The van der Waals surface area contributed by atoms with Gasteiger partial charge in [0.25, 0.3) is 0 Å². The molecule has 0 bridgehead atoms. The first kappa shape index (κ1) is 24.7. The SMILES string of the molecule is CC(=O)OCC(=O)[C@]1(O)[C@@H](OC(C)=O)C[C@@H]2[C@H]3CCC4=CC(=O)C=C[C@@]4(C)[C@]3(F)[C@H](O)C[C@]21C. The minimum absolute atomic E-state index is 0.0131. The third-order valence-electron chi connectivity index (χ3n) is 8.98. The van der Waals surface area contributed by atoms with Gasteiger partial charge in [-0.3, -0.25) is 19.2 Å². The Bertz CT molecular complexity index is 1020. The van der Waals surface area contributed by atoms with Crippen molar-refractivity contribution >= 4 is 23.5 Å². The van der Waals surface area contributed by atoms with Crippen molar-refractivity contribution < 1.29 is 43.3 Å². The summed E-state index contributed by atoms with van der Waals surface area (Å²) < 4.78 is 27.4. The van der Waals surface area contributed by atoms with Crippen molar-refractivity contribution in [3.8, 4) is 0 Å². The second kappa shape index (κ2) is 7.81. The van der Waals surface area contributed by atoms with Crippen molar-refractivity contribution in [3.05, 3.63) is 23.8 Å². The van der Waals surface area contributed by atoms with E-state index in [1.165, 1.54) is 18.2 Å². The standard InChI is InChI=1S/C25H31FO8/c1-13(27)33-12-20(31)25(32)21(34-14(2)28)10-18-17-6-5-15-9-16(29)7-8-22(15,3)24(17,26)19(30)11-23(18,25)4/h7-9,17-19,21,30,32H,5-6,10-12H2,1-4H3/t17-,18-,19-,21+,22-,23-,24-,25+/m1/s1. The predicted molar refractivity (Wildman–Crippen MR) is 116 cm³/mol. The van der Waals surface area contributed by atoms with Gasteiger partial charge in [-0.1, -0.05) is 18.6 Å². The van der Waals surface area contributed by atoms with Crippen LogP contribution in [0.25, 0.3) is 0 Å². The van der Waals surface area contributed by atoms with E-state index >= 15 is 4.39 Å². The summed E-state index contributed by atoms with van der Waals surface area (Å²) in [6.07, 6.45) is 1.82. The number of aliphatic hydroxyl groups excluding tert-OH is 1. The quantitative estimate of drug-likeness (QED) is 0.586. The molecule has 0 aromatic heterocycles. The highest BCUT2D eigenvalue weighted by atomic mass is 19.1. The molecule has 8 atom stereocenters. The lowest BCUT2D eigenvalue weighted by atomic mass is 9.44. The molecular formula is C25H31FO8. The molecule has 34 heavy (non-hydrogen) atoms. The Hall–Kier alpha value is -2.39. The zero-order valence-corrected chi connectivity index (χ0v) is 19.8. The Morgan fingerprint density at radius 1 is 1.18 bits per heavy atom. The Kier molecular flexibility index (Phi) is 5.68. The van der Waals surface area contributed by atoms with Crippen LogP contribution in [-0.4, -0.2) is 63.8 Å². The number of hydrogen-bond acceptors (Lipinski definition) is 8. The molecule has 0 aliphatic heterocycles. The third kappa shape index (κ3) is 3.09. The average Bonchev–Trinajstić information content (AvgIpc) is 2.95. The lowest BCUT2D eigenvalue weighted by Gasteiger charge is -2.62. The molecule has 2 N–H and O–H groups in total. The van der Waals surface area contributed by atoms with Crippen molar-refractivity contribution in [2.75, 3.05) is 6.61 Å². The van der Waals surface area contributed by atoms with E-state index in [9.17, 15) is 29.4 Å². The van der Waals surface area contributed by atoms with Crippen LogP contribution in [-0.2, 0) is 28.7 Å². The van der Waals surface area contributed by atoms with Gasteiger partial charge in [0.15, 0.2) is 23.7 Å². The Balaban J connectivity index is 1.80. The second-order valence-corrected chi connectivity index (χ2v) is 10.6. The van der Waals surface area contributed by atoms with E-state index in [0.29, 0.717) is 12.0 Å². The van der Waals surface area contributed by atoms with Crippen molar-refractivity contribution in [2.45, 2.75) is 76.9 Å². The Morgan fingerprint density at radius 2 is 1.85 bits per heavy atom. The highest BCUT2D eigenvalue weighted by Crippen LogP contribution is 2.70. The van der Waals surface area contributed by atoms with Gasteiger partial charge in [0.2, 0.25) is 5.78 Å². The van der Waals surface area contributed by atoms with Crippen molar-refractivity contribution in [1.82, 2.24) is 0 Å². The number of carbonyl (C=O) groups is 4. The second-order valence-electron chi connectivity index (χ2n) is 10.6. The molecule has 4 aliphatic rings. The number of carbonyl (C=O) groups excluding carboxylic acids is 4. The molecule has 0 spiro atoms. The molecule has 0 saturated heterocycles. The van der Waals surface area contributed by atoms with Crippen LogP contribution in [0.4, 0.5) is 4.39 Å². The third-order valence-corrected chi connectivity index (χ3v) is 8.98. The van der Waals surface area contributed by atoms with Crippen LogP contribution in [0.5, 0.6) is 0 Å². The summed E-state index contributed by atoms with van der Waals surface area (Å²) in [4.78, 5) is 48.4. The fraction of sp³-hybridized carbons (Fsp3) is 0.680. The smallest absolute Gasteiger partial charge is 0.303 e. The summed E-state index contributed by atoms with van der Waals surface area (Å²) in [5, 5.41) is 23.1. The summed E-state index contributed by atoms with van der Waals surface area (Å²) in [7, 11) is 0. The Morgan fingerprint density at radius 3 is 2.47 bits per heavy atom. The largest absolute Gasteiger partial charge is 0.459 e. The summed E-state index contributed by atoms with van der Waals surface area (Å²) in [6.45, 7) is 4.80. The number of alkyl halides is 1. The number of hydrogen-bond donors (Lipinski definition) is 2. The van der Waals surface area contributed by atoms with Crippen LogP contribution in [0.3, 0.4) is 0 Å². The molecular weight excluding hydrogens is 447 g/mol. The number of allylic oxidation sites excluding steroid dienone is 4. The molecule has 3 saturated carbocycles. The first-order valence-corrected chi connectivity index (χ1v) is 11.6. The van der Waals surface area contributed by atoms with Gasteiger partial charge in [0.05, 0.1) is 6.10 Å².